The number of hydrogen-bond donors (Lipinski definition) is 1. The Morgan fingerprint density at radius 3 is 2.83 bits per heavy atom. The summed E-state index contributed by atoms with van der Waals surface area (Å²) in [6.45, 7) is 5.93. The molecule has 1 atom stereocenters. The van der Waals surface area contributed by atoms with Gasteiger partial charge in [-0.15, -0.1) is 0 Å². The first-order chi connectivity index (χ1) is 11.2. The Morgan fingerprint density at radius 2 is 2.17 bits per heavy atom. The Hall–Kier alpha value is -2.43. The molecule has 5 heteroatoms. The van der Waals surface area contributed by atoms with Gasteiger partial charge >= 0.3 is 0 Å². The van der Waals surface area contributed by atoms with Gasteiger partial charge in [0, 0.05) is 18.7 Å². The Kier molecular flexibility index (Phi) is 4.55. The monoisotopic (exact) mass is 310 g/mol. The zero-order chi connectivity index (χ0) is 16.2. The summed E-state index contributed by atoms with van der Waals surface area (Å²) in [6, 6.07) is 8.27. The van der Waals surface area contributed by atoms with E-state index in [1.807, 2.05) is 17.0 Å². The molecule has 0 spiro atoms. The van der Waals surface area contributed by atoms with Crippen LogP contribution < -0.4 is 0 Å². The molecule has 5 nitrogen and oxygen atoms in total. The van der Waals surface area contributed by atoms with Crippen LogP contribution in [-0.2, 0) is 0 Å². The maximum Gasteiger partial charge on any atom is 0.231 e. The van der Waals surface area contributed by atoms with E-state index >= 15 is 0 Å². The molecule has 0 aliphatic carbocycles. The quantitative estimate of drug-likeness (QED) is 0.671. The number of aromatic nitrogens is 2. The Morgan fingerprint density at radius 1 is 1.39 bits per heavy atom. The molecule has 1 aliphatic heterocycles. The molecule has 1 saturated heterocycles. The van der Waals surface area contributed by atoms with Crippen LogP contribution in [0.2, 0.25) is 0 Å². The first kappa shape index (κ1) is 15.5. The van der Waals surface area contributed by atoms with Gasteiger partial charge in [0.05, 0.1) is 12.3 Å². The first-order valence-corrected chi connectivity index (χ1v) is 8.07. The van der Waals surface area contributed by atoms with E-state index in [-0.39, 0.29) is 5.92 Å². The molecular weight excluding hydrogens is 288 g/mol. The molecule has 1 aliphatic rings. The van der Waals surface area contributed by atoms with Gasteiger partial charge in [0.15, 0.2) is 0 Å². The van der Waals surface area contributed by atoms with Gasteiger partial charge in [0.25, 0.3) is 0 Å². The maximum atomic E-state index is 7.31. The summed E-state index contributed by atoms with van der Waals surface area (Å²) in [5.74, 6) is 1.54. The fourth-order valence-electron chi connectivity index (χ4n) is 2.93. The summed E-state index contributed by atoms with van der Waals surface area (Å²) in [5.41, 5.74) is 3.47. The van der Waals surface area contributed by atoms with Gasteiger partial charge in [-0.25, -0.2) is 0 Å². The molecule has 0 radical (unpaired) electrons. The normalized spacial score (nSPS) is 18.4. The minimum absolute atomic E-state index is 0.229. The van der Waals surface area contributed by atoms with E-state index in [2.05, 4.69) is 42.2 Å². The first-order valence-electron chi connectivity index (χ1n) is 8.07. The lowest BCUT2D eigenvalue weighted by Gasteiger charge is -2.08. The lowest BCUT2D eigenvalue weighted by molar-refractivity contribution is 0.354. The maximum absolute atomic E-state index is 7.31. The third kappa shape index (κ3) is 3.33. The van der Waals surface area contributed by atoms with Gasteiger partial charge in [-0.05, 0) is 30.9 Å². The molecule has 0 bridgehead atoms. The second-order valence-corrected chi connectivity index (χ2v) is 5.94. The van der Waals surface area contributed by atoms with Crippen molar-refractivity contribution < 1.29 is 4.52 Å². The van der Waals surface area contributed by atoms with Gasteiger partial charge < -0.3 is 9.42 Å². The van der Waals surface area contributed by atoms with Crippen molar-refractivity contribution in [3.05, 3.63) is 41.8 Å². The summed E-state index contributed by atoms with van der Waals surface area (Å²) < 4.78 is 5.44. The van der Waals surface area contributed by atoms with Crippen LogP contribution >= 0.6 is 0 Å². The van der Waals surface area contributed by atoms with Crippen LogP contribution in [0.5, 0.6) is 0 Å². The van der Waals surface area contributed by atoms with Crippen molar-refractivity contribution in [1.82, 2.24) is 15.0 Å². The van der Waals surface area contributed by atoms with E-state index in [0.717, 1.165) is 31.5 Å². The summed E-state index contributed by atoms with van der Waals surface area (Å²) in [7, 11) is 0. The molecular formula is C18H22N4O. The van der Waals surface area contributed by atoms with Crippen molar-refractivity contribution >= 4 is 11.9 Å². The molecule has 3 rings (SSSR count). The van der Waals surface area contributed by atoms with Gasteiger partial charge in [0.1, 0.15) is 0 Å². The molecule has 1 unspecified atom stereocenters. The zero-order valence-electron chi connectivity index (χ0n) is 13.6. The number of hydrogen-bond acceptors (Lipinski definition) is 4. The third-order valence-electron chi connectivity index (χ3n) is 4.30. The number of benzene rings is 1. The van der Waals surface area contributed by atoms with E-state index in [1.165, 1.54) is 17.5 Å². The summed E-state index contributed by atoms with van der Waals surface area (Å²) in [6.07, 6.45) is 5.59. The fraction of sp³-hybridized carbons (Fsp3) is 0.389. The molecule has 120 valence electrons. The van der Waals surface area contributed by atoms with Gasteiger partial charge in [-0.3, -0.25) is 5.41 Å². The van der Waals surface area contributed by atoms with Crippen LogP contribution in [0.15, 0.2) is 34.9 Å². The molecule has 23 heavy (non-hydrogen) atoms. The lowest BCUT2D eigenvalue weighted by Crippen LogP contribution is -2.17. The highest BCUT2D eigenvalue weighted by molar-refractivity contribution is 5.66. The minimum atomic E-state index is 0.229. The third-order valence-corrected chi connectivity index (χ3v) is 4.30. The van der Waals surface area contributed by atoms with Crippen molar-refractivity contribution in [2.24, 2.45) is 0 Å². The largest absolute Gasteiger partial charge is 0.362 e. The highest BCUT2D eigenvalue weighted by Gasteiger charge is 2.27. The summed E-state index contributed by atoms with van der Waals surface area (Å²) in [5, 5.41) is 11.4. The average Bonchev–Trinajstić information content (AvgIpc) is 3.24. The summed E-state index contributed by atoms with van der Waals surface area (Å²) >= 11 is 0. The molecule has 1 aromatic heterocycles. The second kappa shape index (κ2) is 6.77. The molecule has 1 N–H and O–H groups in total. The van der Waals surface area contributed by atoms with Crippen LogP contribution in [0.25, 0.3) is 17.0 Å². The predicted molar refractivity (Wildman–Crippen MR) is 91.4 cm³/mol. The molecule has 0 amide bonds. The van der Waals surface area contributed by atoms with Gasteiger partial charge in [-0.1, -0.05) is 42.4 Å². The van der Waals surface area contributed by atoms with Crippen LogP contribution in [0.4, 0.5) is 0 Å². The van der Waals surface area contributed by atoms with Crippen molar-refractivity contribution in [3.8, 4) is 11.4 Å². The van der Waals surface area contributed by atoms with Crippen LogP contribution in [0.1, 0.15) is 44.1 Å². The molecule has 2 heterocycles. The van der Waals surface area contributed by atoms with E-state index in [0.29, 0.717) is 11.7 Å². The number of likely N-dealkylation sites (tertiary alicyclic amines) is 1. The van der Waals surface area contributed by atoms with Crippen LogP contribution in [0.3, 0.4) is 0 Å². The second-order valence-electron chi connectivity index (χ2n) is 5.94. The predicted octanol–water partition coefficient (Wildman–Crippen LogP) is 3.95. The van der Waals surface area contributed by atoms with E-state index in [1.54, 1.807) is 0 Å². The number of nitrogens with zero attached hydrogens (tertiary/aromatic N) is 3. The highest BCUT2D eigenvalue weighted by Crippen LogP contribution is 2.27. The summed E-state index contributed by atoms with van der Waals surface area (Å²) in [4.78, 5) is 6.51. The van der Waals surface area contributed by atoms with Crippen molar-refractivity contribution in [2.45, 2.75) is 32.6 Å². The van der Waals surface area contributed by atoms with Crippen LogP contribution in [-0.4, -0.2) is 34.5 Å². The zero-order valence-corrected chi connectivity index (χ0v) is 13.6. The Balaban J connectivity index is 1.75. The Bertz CT molecular complexity index is 702. The lowest BCUT2D eigenvalue weighted by atomic mass is 10.0. The topological polar surface area (TPSA) is 66.0 Å². The fourth-order valence-corrected chi connectivity index (χ4v) is 2.93. The van der Waals surface area contributed by atoms with Crippen molar-refractivity contribution in [1.29, 1.82) is 5.41 Å². The number of rotatable bonds is 5. The molecule has 0 saturated carbocycles. The number of allylic oxidation sites excluding steroid dienone is 2. The Labute approximate surface area is 136 Å². The highest BCUT2D eigenvalue weighted by atomic mass is 16.5. The standard InChI is InChI=1S/C18H22N4O/c1-3-4-13(2)14-5-7-15(8-6-14)17-20-18(23-21-17)16-9-10-22(11-16)12-19/h4-8,12,16,19H,3,9-11H2,1-2H3/b13-4+,19-12?. The van der Waals surface area contributed by atoms with Crippen molar-refractivity contribution in [3.63, 3.8) is 0 Å². The molecule has 2 aromatic rings. The number of nitrogens with one attached hydrogen (secondary N) is 1. The average molecular weight is 310 g/mol. The van der Waals surface area contributed by atoms with Gasteiger partial charge in [-0.2, -0.15) is 4.98 Å². The van der Waals surface area contributed by atoms with E-state index < -0.39 is 0 Å². The van der Waals surface area contributed by atoms with Crippen molar-refractivity contribution in [2.75, 3.05) is 13.1 Å². The van der Waals surface area contributed by atoms with E-state index in [4.69, 9.17) is 9.93 Å². The van der Waals surface area contributed by atoms with E-state index in [9.17, 15) is 0 Å². The smallest absolute Gasteiger partial charge is 0.231 e. The minimum Gasteiger partial charge on any atom is -0.362 e. The van der Waals surface area contributed by atoms with Crippen LogP contribution in [0, 0.1) is 5.41 Å². The molecule has 1 aromatic carbocycles. The molecule has 1 fully saturated rings. The SMILES string of the molecule is CC/C=C(\C)c1ccc(-c2noc(C3CCN(C=N)C3)n2)cc1. The van der Waals surface area contributed by atoms with Gasteiger partial charge in [0.2, 0.25) is 11.7 Å².